The first-order chi connectivity index (χ1) is 16.6. The Kier molecular flexibility index (Phi) is 6.32. The molecule has 1 aromatic carbocycles. The van der Waals surface area contributed by atoms with E-state index in [1.54, 1.807) is 35.9 Å². The summed E-state index contributed by atoms with van der Waals surface area (Å²) in [5.74, 6) is -0.509. The zero-order valence-corrected chi connectivity index (χ0v) is 19.0. The average molecular weight is 501 g/mol. The van der Waals surface area contributed by atoms with Gasteiger partial charge in [-0.2, -0.15) is 5.26 Å². The fourth-order valence-corrected chi connectivity index (χ4v) is 3.67. The Bertz CT molecular complexity index is 1460. The van der Waals surface area contributed by atoms with Crippen molar-refractivity contribution in [2.45, 2.75) is 26.3 Å². The quantitative estimate of drug-likeness (QED) is 0.411. The maximum Gasteiger partial charge on any atom is 0.573 e. The molecule has 1 amide bonds. The number of carbonyl (C=O) groups excluding carboxylic acids is 1. The average Bonchev–Trinajstić information content (AvgIpc) is 3.18. The van der Waals surface area contributed by atoms with Gasteiger partial charge in [0.2, 0.25) is 0 Å². The first kappa shape index (κ1) is 24.0. The molecule has 0 aliphatic rings. The zero-order chi connectivity index (χ0) is 25.3. The molecule has 4 rings (SSSR count). The fraction of sp³-hybridized carbons (Fsp3) is 0.174. The fourth-order valence-electron chi connectivity index (χ4n) is 3.44. The van der Waals surface area contributed by atoms with Gasteiger partial charge in [0.25, 0.3) is 5.91 Å². The van der Waals surface area contributed by atoms with Crippen molar-refractivity contribution in [3.8, 4) is 17.6 Å². The highest BCUT2D eigenvalue weighted by atomic mass is 35.5. The third kappa shape index (κ3) is 5.17. The van der Waals surface area contributed by atoms with Crippen LogP contribution >= 0.6 is 11.6 Å². The minimum atomic E-state index is -4.93. The predicted octanol–water partition coefficient (Wildman–Crippen LogP) is 5.04. The molecular weight excluding hydrogens is 485 g/mol. The first-order valence-corrected chi connectivity index (χ1v) is 10.5. The van der Waals surface area contributed by atoms with Crippen LogP contribution in [0.4, 0.5) is 13.2 Å². The molecule has 35 heavy (non-hydrogen) atoms. The molecule has 0 aliphatic heterocycles. The lowest BCUT2D eigenvalue weighted by molar-refractivity contribution is -0.274. The van der Waals surface area contributed by atoms with E-state index in [0.717, 1.165) is 17.7 Å². The number of aryl methyl sites for hydroxylation is 1. The molecule has 3 heterocycles. The Morgan fingerprint density at radius 2 is 2.00 bits per heavy atom. The highest BCUT2D eigenvalue weighted by Gasteiger charge is 2.31. The summed E-state index contributed by atoms with van der Waals surface area (Å²) in [4.78, 5) is 26.3. The van der Waals surface area contributed by atoms with E-state index < -0.39 is 24.1 Å². The maximum atomic E-state index is 12.9. The predicted molar refractivity (Wildman–Crippen MR) is 120 cm³/mol. The van der Waals surface area contributed by atoms with E-state index in [9.17, 15) is 18.0 Å². The molecule has 1 N–H and O–H groups in total. The van der Waals surface area contributed by atoms with Gasteiger partial charge in [-0.15, -0.1) is 13.2 Å². The number of nitriles is 1. The number of hydrogen-bond acceptors (Lipinski definition) is 6. The summed E-state index contributed by atoms with van der Waals surface area (Å²) < 4.78 is 43.4. The van der Waals surface area contributed by atoms with Crippen LogP contribution in [0.1, 0.15) is 40.3 Å². The standard InChI is InChI=1S/C23H16ClF3N6O2/c1-12-5-6-29-21-19(12)32-20(33(21)18-4-3-14(10-28)11-30-18)13(2)31-22(34)15-7-16(24)9-17(8-15)35-23(25,26)27/h3-9,11,13H,1-2H3,(H,31,34). The Labute approximate surface area is 202 Å². The van der Waals surface area contributed by atoms with Crippen LogP contribution in [-0.4, -0.2) is 31.8 Å². The van der Waals surface area contributed by atoms with E-state index in [1.807, 2.05) is 13.0 Å². The molecule has 0 fully saturated rings. The van der Waals surface area contributed by atoms with Crippen LogP contribution in [0.5, 0.6) is 5.75 Å². The zero-order valence-electron chi connectivity index (χ0n) is 18.3. The molecule has 0 radical (unpaired) electrons. The number of ether oxygens (including phenoxy) is 1. The Morgan fingerprint density at radius 1 is 1.23 bits per heavy atom. The monoisotopic (exact) mass is 500 g/mol. The number of benzene rings is 1. The molecule has 12 heteroatoms. The summed E-state index contributed by atoms with van der Waals surface area (Å²) >= 11 is 5.89. The van der Waals surface area contributed by atoms with Crippen LogP contribution in [0.2, 0.25) is 5.02 Å². The van der Waals surface area contributed by atoms with Gasteiger partial charge in [0.15, 0.2) is 5.65 Å². The largest absolute Gasteiger partial charge is 0.573 e. The van der Waals surface area contributed by atoms with Gasteiger partial charge in [-0.05, 0) is 55.8 Å². The van der Waals surface area contributed by atoms with E-state index in [0.29, 0.717) is 28.4 Å². The maximum absolute atomic E-state index is 12.9. The van der Waals surface area contributed by atoms with Gasteiger partial charge in [0.1, 0.15) is 29.0 Å². The molecule has 0 aliphatic carbocycles. The van der Waals surface area contributed by atoms with Crippen molar-refractivity contribution in [3.63, 3.8) is 0 Å². The van der Waals surface area contributed by atoms with E-state index in [1.165, 1.54) is 12.3 Å². The normalized spacial score (nSPS) is 12.3. The van der Waals surface area contributed by atoms with Gasteiger partial charge in [-0.1, -0.05) is 11.6 Å². The molecule has 0 bridgehead atoms. The van der Waals surface area contributed by atoms with Gasteiger partial charge in [0.05, 0.1) is 11.6 Å². The molecule has 1 atom stereocenters. The highest BCUT2D eigenvalue weighted by molar-refractivity contribution is 6.31. The second-order valence-corrected chi connectivity index (χ2v) is 7.98. The van der Waals surface area contributed by atoms with Crippen LogP contribution in [0, 0.1) is 18.3 Å². The van der Waals surface area contributed by atoms with Crippen molar-refractivity contribution >= 4 is 28.7 Å². The number of pyridine rings is 2. The lowest BCUT2D eigenvalue weighted by atomic mass is 10.2. The van der Waals surface area contributed by atoms with Crippen molar-refractivity contribution in [1.29, 1.82) is 5.26 Å². The van der Waals surface area contributed by atoms with Crippen molar-refractivity contribution in [2.24, 2.45) is 0 Å². The lowest BCUT2D eigenvalue weighted by Crippen LogP contribution is -2.29. The van der Waals surface area contributed by atoms with Crippen LogP contribution in [0.25, 0.3) is 17.0 Å². The third-order valence-corrected chi connectivity index (χ3v) is 5.20. The summed E-state index contributed by atoms with van der Waals surface area (Å²) in [7, 11) is 0. The topological polar surface area (TPSA) is 106 Å². The molecule has 178 valence electrons. The van der Waals surface area contributed by atoms with Gasteiger partial charge >= 0.3 is 6.36 Å². The molecule has 4 aromatic rings. The summed E-state index contributed by atoms with van der Waals surface area (Å²) in [6, 6.07) is 9.40. The molecule has 1 unspecified atom stereocenters. The lowest BCUT2D eigenvalue weighted by Gasteiger charge is -2.16. The molecule has 0 spiro atoms. The number of carbonyl (C=O) groups is 1. The number of fused-ring (bicyclic) bond motifs is 1. The van der Waals surface area contributed by atoms with Crippen LogP contribution in [0.15, 0.2) is 48.8 Å². The van der Waals surface area contributed by atoms with Crippen LogP contribution in [0.3, 0.4) is 0 Å². The van der Waals surface area contributed by atoms with E-state index in [2.05, 4.69) is 25.0 Å². The number of imidazole rings is 1. The molecule has 3 aromatic heterocycles. The number of halogens is 4. The van der Waals surface area contributed by atoms with Crippen LogP contribution in [-0.2, 0) is 0 Å². The summed E-state index contributed by atoms with van der Waals surface area (Å²) in [6.45, 7) is 3.51. The number of nitrogens with one attached hydrogen (secondary N) is 1. The molecule has 8 nitrogen and oxygen atoms in total. The number of amides is 1. The van der Waals surface area contributed by atoms with Gasteiger partial charge in [-0.25, -0.2) is 15.0 Å². The van der Waals surface area contributed by atoms with E-state index in [-0.39, 0.29) is 10.6 Å². The van der Waals surface area contributed by atoms with Crippen molar-refractivity contribution in [1.82, 2.24) is 24.8 Å². The molecular formula is C23H16ClF3N6O2. The summed E-state index contributed by atoms with van der Waals surface area (Å²) in [5, 5.41) is 11.7. The third-order valence-electron chi connectivity index (χ3n) is 4.98. The number of rotatable bonds is 5. The number of hydrogen-bond donors (Lipinski definition) is 1. The van der Waals surface area contributed by atoms with Gasteiger partial charge in [-0.3, -0.25) is 9.36 Å². The summed E-state index contributed by atoms with van der Waals surface area (Å²) in [5.41, 5.74) is 2.14. The molecule has 0 saturated heterocycles. The Hall–Kier alpha value is -4.17. The SMILES string of the molecule is Cc1ccnc2c1nc(C(C)NC(=O)c1cc(Cl)cc(OC(F)(F)F)c1)n2-c1ccc(C#N)cn1. The van der Waals surface area contributed by atoms with E-state index >= 15 is 0 Å². The summed E-state index contributed by atoms with van der Waals surface area (Å²) in [6.07, 6.45) is -1.92. The minimum absolute atomic E-state index is 0.0987. The van der Waals surface area contributed by atoms with E-state index in [4.69, 9.17) is 16.9 Å². The highest BCUT2D eigenvalue weighted by Crippen LogP contribution is 2.28. The molecule has 0 saturated carbocycles. The van der Waals surface area contributed by atoms with Crippen molar-refractivity contribution < 1.29 is 22.7 Å². The first-order valence-electron chi connectivity index (χ1n) is 10.1. The van der Waals surface area contributed by atoms with Crippen LogP contribution < -0.4 is 10.1 Å². The minimum Gasteiger partial charge on any atom is -0.406 e. The second kappa shape index (κ2) is 9.23. The Morgan fingerprint density at radius 3 is 2.66 bits per heavy atom. The van der Waals surface area contributed by atoms with Gasteiger partial charge in [0, 0.05) is 23.0 Å². The number of aromatic nitrogens is 4. The Balaban J connectivity index is 1.71. The number of nitrogens with zero attached hydrogens (tertiary/aromatic N) is 5. The van der Waals surface area contributed by atoms with Crippen molar-refractivity contribution in [3.05, 3.63) is 76.3 Å². The van der Waals surface area contributed by atoms with Crippen molar-refractivity contribution in [2.75, 3.05) is 0 Å². The second-order valence-electron chi connectivity index (χ2n) is 7.54. The number of alkyl halides is 3. The van der Waals surface area contributed by atoms with Gasteiger partial charge < -0.3 is 10.1 Å². The smallest absolute Gasteiger partial charge is 0.406 e.